The summed E-state index contributed by atoms with van der Waals surface area (Å²) in [7, 11) is 0.654. The summed E-state index contributed by atoms with van der Waals surface area (Å²) in [6, 6.07) is 2.50. The smallest absolute Gasteiger partial charge is 0.244 e. The molecule has 21 heavy (non-hydrogen) atoms. The number of nitrogens with one attached hydrogen (secondary N) is 1. The number of anilines is 1. The second kappa shape index (κ2) is 7.48. The molecular formula is C13H22N2O5S. The second-order valence-electron chi connectivity index (χ2n) is 4.55. The number of nitrogen functional groups attached to an aromatic ring is 1. The maximum Gasteiger partial charge on any atom is 0.244 e. The van der Waals surface area contributed by atoms with Crippen molar-refractivity contribution in [2.24, 2.45) is 0 Å². The van der Waals surface area contributed by atoms with Crippen LogP contribution in [0.4, 0.5) is 5.69 Å². The fourth-order valence-corrected chi connectivity index (χ4v) is 3.25. The third-order valence-electron chi connectivity index (χ3n) is 2.92. The van der Waals surface area contributed by atoms with E-state index in [0.29, 0.717) is 18.8 Å². The summed E-state index contributed by atoms with van der Waals surface area (Å²) in [6.45, 7) is 2.22. The van der Waals surface area contributed by atoms with E-state index < -0.39 is 10.0 Å². The van der Waals surface area contributed by atoms with E-state index in [2.05, 4.69) is 4.72 Å². The molecule has 1 unspecified atom stereocenters. The van der Waals surface area contributed by atoms with Crippen LogP contribution in [0.2, 0.25) is 0 Å². The number of sulfonamides is 1. The van der Waals surface area contributed by atoms with Gasteiger partial charge in [0.1, 0.15) is 16.4 Å². The van der Waals surface area contributed by atoms with E-state index >= 15 is 0 Å². The number of nitrogens with two attached hydrogens (primary N) is 1. The number of hydrogen-bond acceptors (Lipinski definition) is 6. The average molecular weight is 318 g/mol. The van der Waals surface area contributed by atoms with E-state index in [1.54, 1.807) is 14.0 Å². The van der Waals surface area contributed by atoms with Gasteiger partial charge in [-0.25, -0.2) is 13.1 Å². The standard InChI is InChI=1S/C13H22N2O5S/c1-9(5-6-18-2)15-21(16,17)13-7-10(14)11(19-3)8-12(13)20-4/h7-9,15H,5-6,14H2,1-4H3. The molecule has 120 valence electrons. The molecule has 0 aliphatic rings. The highest BCUT2D eigenvalue weighted by Crippen LogP contribution is 2.33. The topological polar surface area (TPSA) is 99.9 Å². The van der Waals surface area contributed by atoms with Crippen molar-refractivity contribution in [1.82, 2.24) is 4.72 Å². The molecule has 0 amide bonds. The minimum absolute atomic E-state index is 0.0208. The van der Waals surface area contributed by atoms with Gasteiger partial charge in [-0.3, -0.25) is 0 Å². The molecule has 1 atom stereocenters. The molecule has 0 spiro atoms. The Bertz CT molecular complexity index is 574. The van der Waals surface area contributed by atoms with Crippen LogP contribution in [0.15, 0.2) is 17.0 Å². The van der Waals surface area contributed by atoms with Gasteiger partial charge in [0.05, 0.1) is 19.9 Å². The predicted octanol–water partition coefficient (Wildman–Crippen LogP) is 0.989. The zero-order valence-corrected chi connectivity index (χ0v) is 13.5. The molecule has 0 fully saturated rings. The molecule has 1 rings (SSSR count). The highest BCUT2D eigenvalue weighted by atomic mass is 32.2. The molecule has 7 nitrogen and oxygen atoms in total. The monoisotopic (exact) mass is 318 g/mol. The van der Waals surface area contributed by atoms with Crippen molar-refractivity contribution in [2.45, 2.75) is 24.3 Å². The van der Waals surface area contributed by atoms with Crippen molar-refractivity contribution >= 4 is 15.7 Å². The van der Waals surface area contributed by atoms with Gasteiger partial charge >= 0.3 is 0 Å². The van der Waals surface area contributed by atoms with Crippen LogP contribution in [0.5, 0.6) is 11.5 Å². The van der Waals surface area contributed by atoms with E-state index in [1.165, 1.54) is 26.4 Å². The summed E-state index contributed by atoms with van der Waals surface area (Å²) in [4.78, 5) is -0.0208. The number of ether oxygens (including phenoxy) is 3. The Kier molecular flexibility index (Phi) is 6.25. The number of rotatable bonds is 8. The molecular weight excluding hydrogens is 296 g/mol. The number of benzene rings is 1. The zero-order chi connectivity index (χ0) is 16.0. The summed E-state index contributed by atoms with van der Waals surface area (Å²) in [5.74, 6) is 0.533. The van der Waals surface area contributed by atoms with Crippen LogP contribution in [0.3, 0.4) is 0 Å². The molecule has 1 aromatic carbocycles. The maximum absolute atomic E-state index is 12.4. The van der Waals surface area contributed by atoms with Crippen LogP contribution in [0.1, 0.15) is 13.3 Å². The van der Waals surface area contributed by atoms with Crippen LogP contribution >= 0.6 is 0 Å². The highest BCUT2D eigenvalue weighted by Gasteiger charge is 2.23. The lowest BCUT2D eigenvalue weighted by Crippen LogP contribution is -2.33. The zero-order valence-electron chi connectivity index (χ0n) is 12.7. The Morgan fingerprint density at radius 3 is 2.33 bits per heavy atom. The lowest BCUT2D eigenvalue weighted by molar-refractivity contribution is 0.188. The van der Waals surface area contributed by atoms with Gasteiger partial charge in [0, 0.05) is 25.8 Å². The third-order valence-corrected chi connectivity index (χ3v) is 4.53. The maximum atomic E-state index is 12.4. The minimum atomic E-state index is -3.75. The predicted molar refractivity (Wildman–Crippen MR) is 80.2 cm³/mol. The van der Waals surface area contributed by atoms with Crippen molar-refractivity contribution in [2.75, 3.05) is 33.7 Å². The third kappa shape index (κ3) is 4.48. The van der Waals surface area contributed by atoms with Crippen LogP contribution < -0.4 is 19.9 Å². The molecule has 0 saturated carbocycles. The van der Waals surface area contributed by atoms with Gasteiger partial charge in [-0.15, -0.1) is 0 Å². The van der Waals surface area contributed by atoms with Crippen molar-refractivity contribution < 1.29 is 22.6 Å². The van der Waals surface area contributed by atoms with Gasteiger partial charge in [0.15, 0.2) is 0 Å². The van der Waals surface area contributed by atoms with Gasteiger partial charge in [-0.05, 0) is 19.4 Å². The number of hydrogen-bond donors (Lipinski definition) is 2. The van der Waals surface area contributed by atoms with Gasteiger partial charge < -0.3 is 19.9 Å². The van der Waals surface area contributed by atoms with Crippen LogP contribution in [-0.2, 0) is 14.8 Å². The fourth-order valence-electron chi connectivity index (χ4n) is 1.79. The molecule has 3 N–H and O–H groups in total. The van der Waals surface area contributed by atoms with Crippen LogP contribution in [0.25, 0.3) is 0 Å². The van der Waals surface area contributed by atoms with Gasteiger partial charge in [0.25, 0.3) is 0 Å². The first-order valence-electron chi connectivity index (χ1n) is 6.38. The van der Waals surface area contributed by atoms with Crippen molar-refractivity contribution in [3.63, 3.8) is 0 Å². The minimum Gasteiger partial charge on any atom is -0.495 e. The van der Waals surface area contributed by atoms with Crippen molar-refractivity contribution in [1.29, 1.82) is 0 Å². The Morgan fingerprint density at radius 2 is 1.81 bits per heavy atom. The van der Waals surface area contributed by atoms with Crippen LogP contribution in [-0.4, -0.2) is 42.4 Å². The van der Waals surface area contributed by atoms with Gasteiger partial charge in [-0.1, -0.05) is 0 Å². The van der Waals surface area contributed by atoms with E-state index in [4.69, 9.17) is 19.9 Å². The molecule has 0 aliphatic carbocycles. The van der Waals surface area contributed by atoms with Gasteiger partial charge in [0.2, 0.25) is 10.0 Å². The first-order chi connectivity index (χ1) is 9.85. The SMILES string of the molecule is COCCC(C)NS(=O)(=O)c1cc(N)c(OC)cc1OC. The lowest BCUT2D eigenvalue weighted by atomic mass is 10.3. The molecule has 8 heteroatoms. The van der Waals surface area contributed by atoms with Crippen LogP contribution in [0, 0.1) is 0 Å². The van der Waals surface area contributed by atoms with E-state index in [0.717, 1.165) is 0 Å². The highest BCUT2D eigenvalue weighted by molar-refractivity contribution is 7.89. The summed E-state index contributed by atoms with van der Waals surface area (Å²) in [5, 5.41) is 0. The fraction of sp³-hybridized carbons (Fsp3) is 0.538. The normalized spacial score (nSPS) is 13.0. The quantitative estimate of drug-likeness (QED) is 0.693. The second-order valence-corrected chi connectivity index (χ2v) is 6.23. The first-order valence-corrected chi connectivity index (χ1v) is 7.86. The summed E-state index contributed by atoms with van der Waals surface area (Å²) < 4.78 is 42.5. The Balaban J connectivity index is 3.10. The molecule has 0 saturated heterocycles. The Labute approximate surface area is 125 Å². The molecule has 1 aromatic rings. The van der Waals surface area contributed by atoms with E-state index in [9.17, 15) is 8.42 Å². The van der Waals surface area contributed by atoms with E-state index in [1.807, 2.05) is 0 Å². The van der Waals surface area contributed by atoms with Crippen molar-refractivity contribution in [3.8, 4) is 11.5 Å². The average Bonchev–Trinajstić information content (AvgIpc) is 2.44. The molecule has 0 radical (unpaired) electrons. The molecule has 0 aromatic heterocycles. The molecule has 0 aliphatic heterocycles. The first kappa shape index (κ1) is 17.5. The summed E-state index contributed by atoms with van der Waals surface area (Å²) in [5.41, 5.74) is 6.00. The van der Waals surface area contributed by atoms with E-state index in [-0.39, 0.29) is 22.4 Å². The Hall–Kier alpha value is -1.51. The van der Waals surface area contributed by atoms with Crippen molar-refractivity contribution in [3.05, 3.63) is 12.1 Å². The Morgan fingerprint density at radius 1 is 1.19 bits per heavy atom. The molecule has 0 heterocycles. The summed E-state index contributed by atoms with van der Waals surface area (Å²) >= 11 is 0. The largest absolute Gasteiger partial charge is 0.495 e. The summed E-state index contributed by atoms with van der Waals surface area (Å²) in [6.07, 6.45) is 0.559. The lowest BCUT2D eigenvalue weighted by Gasteiger charge is -2.17. The number of methoxy groups -OCH3 is 3. The van der Waals surface area contributed by atoms with Gasteiger partial charge in [-0.2, -0.15) is 0 Å². The molecule has 0 bridgehead atoms.